The van der Waals surface area contributed by atoms with Gasteiger partial charge in [0.05, 0.1) is 11.7 Å². The summed E-state index contributed by atoms with van der Waals surface area (Å²) in [4.78, 5) is 0. The number of nitrogens with two attached hydrogens (primary N) is 1. The largest absolute Gasteiger partial charge is 0.330 e. The van der Waals surface area contributed by atoms with Gasteiger partial charge in [-0.05, 0) is 44.6 Å². The molecule has 102 valence electrons. The van der Waals surface area contributed by atoms with Crippen molar-refractivity contribution in [3.8, 4) is 0 Å². The van der Waals surface area contributed by atoms with Crippen LogP contribution in [0, 0.1) is 5.92 Å². The minimum absolute atomic E-state index is 0.583. The van der Waals surface area contributed by atoms with Gasteiger partial charge in [-0.3, -0.25) is 0 Å². The van der Waals surface area contributed by atoms with E-state index in [-0.39, 0.29) is 0 Å². The highest BCUT2D eigenvalue weighted by molar-refractivity contribution is 4.95. The van der Waals surface area contributed by atoms with Crippen LogP contribution in [-0.4, -0.2) is 21.5 Å². The standard InChI is InChI=1S/C14H26N4/c1-2-12-7-3-4-9-14(12)18-11-13(16-17-18)8-5-6-10-15/h11-12,14H,2-10,15H2,1H3. The van der Waals surface area contributed by atoms with Crippen molar-refractivity contribution in [1.82, 2.24) is 15.0 Å². The molecule has 0 saturated heterocycles. The Balaban J connectivity index is 1.95. The van der Waals surface area contributed by atoms with Crippen molar-refractivity contribution < 1.29 is 0 Å². The maximum absolute atomic E-state index is 5.51. The predicted octanol–water partition coefficient (Wildman–Crippen LogP) is 2.70. The van der Waals surface area contributed by atoms with E-state index < -0.39 is 0 Å². The van der Waals surface area contributed by atoms with Gasteiger partial charge in [0, 0.05) is 6.20 Å². The number of aromatic nitrogens is 3. The number of unbranched alkanes of at least 4 members (excludes halogenated alkanes) is 1. The number of hydrogen-bond donors (Lipinski definition) is 1. The molecule has 1 aromatic heterocycles. The van der Waals surface area contributed by atoms with E-state index in [1.165, 1.54) is 32.1 Å². The summed E-state index contributed by atoms with van der Waals surface area (Å²) in [5.74, 6) is 0.789. The lowest BCUT2D eigenvalue weighted by atomic mass is 9.83. The molecule has 0 bridgehead atoms. The number of aryl methyl sites for hydroxylation is 1. The molecule has 2 atom stereocenters. The van der Waals surface area contributed by atoms with Crippen LogP contribution in [0.5, 0.6) is 0 Å². The average molecular weight is 250 g/mol. The Morgan fingerprint density at radius 3 is 2.94 bits per heavy atom. The van der Waals surface area contributed by atoms with Crippen LogP contribution >= 0.6 is 0 Å². The molecule has 2 rings (SSSR count). The van der Waals surface area contributed by atoms with E-state index in [0.29, 0.717) is 6.04 Å². The second-order valence-electron chi connectivity index (χ2n) is 5.46. The molecule has 2 N–H and O–H groups in total. The van der Waals surface area contributed by atoms with Gasteiger partial charge < -0.3 is 5.73 Å². The molecular weight excluding hydrogens is 224 g/mol. The Kier molecular flexibility index (Phi) is 5.17. The molecule has 0 aromatic carbocycles. The monoisotopic (exact) mass is 250 g/mol. The maximum atomic E-state index is 5.51. The Morgan fingerprint density at radius 2 is 2.17 bits per heavy atom. The average Bonchev–Trinajstić information content (AvgIpc) is 2.88. The molecule has 4 nitrogen and oxygen atoms in total. The van der Waals surface area contributed by atoms with Crippen LogP contribution in [0.1, 0.15) is 63.6 Å². The first-order valence-corrected chi connectivity index (χ1v) is 7.46. The normalized spacial score (nSPS) is 24.3. The third-order valence-electron chi connectivity index (χ3n) is 4.18. The summed E-state index contributed by atoms with van der Waals surface area (Å²) in [7, 11) is 0. The fourth-order valence-electron chi connectivity index (χ4n) is 3.05. The van der Waals surface area contributed by atoms with Gasteiger partial charge in [-0.2, -0.15) is 0 Å². The van der Waals surface area contributed by atoms with E-state index >= 15 is 0 Å². The van der Waals surface area contributed by atoms with Gasteiger partial charge in [0.1, 0.15) is 0 Å². The summed E-state index contributed by atoms with van der Waals surface area (Å²) < 4.78 is 2.13. The maximum Gasteiger partial charge on any atom is 0.0827 e. The molecule has 1 fully saturated rings. The number of hydrogen-bond acceptors (Lipinski definition) is 3. The Hall–Kier alpha value is -0.900. The highest BCUT2D eigenvalue weighted by atomic mass is 15.4. The summed E-state index contributed by atoms with van der Waals surface area (Å²) in [5.41, 5.74) is 6.64. The predicted molar refractivity (Wildman–Crippen MR) is 73.3 cm³/mol. The van der Waals surface area contributed by atoms with Gasteiger partial charge in [0.15, 0.2) is 0 Å². The zero-order valence-electron chi connectivity index (χ0n) is 11.5. The van der Waals surface area contributed by atoms with Gasteiger partial charge in [-0.1, -0.05) is 31.4 Å². The third kappa shape index (κ3) is 3.31. The lowest BCUT2D eigenvalue weighted by Crippen LogP contribution is -2.23. The van der Waals surface area contributed by atoms with Crippen LogP contribution in [0.15, 0.2) is 6.20 Å². The molecule has 1 aliphatic rings. The van der Waals surface area contributed by atoms with Crippen molar-refractivity contribution in [2.75, 3.05) is 6.54 Å². The SMILES string of the molecule is CCC1CCCCC1n1cc(CCCCN)nn1. The topological polar surface area (TPSA) is 56.7 Å². The van der Waals surface area contributed by atoms with Crippen molar-refractivity contribution in [3.05, 3.63) is 11.9 Å². The quantitative estimate of drug-likeness (QED) is 0.790. The van der Waals surface area contributed by atoms with Crippen LogP contribution < -0.4 is 5.73 Å². The summed E-state index contributed by atoms with van der Waals surface area (Å²) in [6, 6.07) is 0.583. The van der Waals surface area contributed by atoms with E-state index in [2.05, 4.69) is 28.1 Å². The van der Waals surface area contributed by atoms with Crippen molar-refractivity contribution in [3.63, 3.8) is 0 Å². The molecule has 1 aliphatic carbocycles. The van der Waals surface area contributed by atoms with Crippen LogP contribution in [0.25, 0.3) is 0 Å². The molecule has 0 radical (unpaired) electrons. The zero-order chi connectivity index (χ0) is 12.8. The molecular formula is C14H26N4. The van der Waals surface area contributed by atoms with E-state index in [0.717, 1.165) is 37.4 Å². The Bertz CT molecular complexity index is 347. The van der Waals surface area contributed by atoms with Crippen LogP contribution in [0.2, 0.25) is 0 Å². The Labute approximate surface area is 110 Å². The van der Waals surface area contributed by atoms with Gasteiger partial charge in [-0.15, -0.1) is 5.10 Å². The fourth-order valence-corrected chi connectivity index (χ4v) is 3.05. The van der Waals surface area contributed by atoms with Crippen LogP contribution in [-0.2, 0) is 6.42 Å². The second kappa shape index (κ2) is 6.88. The van der Waals surface area contributed by atoms with Crippen LogP contribution in [0.3, 0.4) is 0 Å². The van der Waals surface area contributed by atoms with Crippen LogP contribution in [0.4, 0.5) is 0 Å². The summed E-state index contributed by atoms with van der Waals surface area (Å²) in [5, 5.41) is 8.66. The van der Waals surface area contributed by atoms with Crippen molar-refractivity contribution >= 4 is 0 Å². The highest BCUT2D eigenvalue weighted by Crippen LogP contribution is 2.35. The molecule has 1 aromatic rings. The molecule has 1 heterocycles. The minimum atomic E-state index is 0.583. The minimum Gasteiger partial charge on any atom is -0.330 e. The number of rotatable bonds is 6. The molecule has 0 aliphatic heterocycles. The highest BCUT2D eigenvalue weighted by Gasteiger charge is 2.25. The molecule has 2 unspecified atom stereocenters. The summed E-state index contributed by atoms with van der Waals surface area (Å²) >= 11 is 0. The first-order valence-electron chi connectivity index (χ1n) is 7.46. The number of nitrogens with zero attached hydrogens (tertiary/aromatic N) is 3. The van der Waals surface area contributed by atoms with Gasteiger partial charge in [-0.25, -0.2) is 4.68 Å². The molecule has 4 heteroatoms. The molecule has 18 heavy (non-hydrogen) atoms. The molecule has 0 spiro atoms. The van der Waals surface area contributed by atoms with E-state index in [1.807, 2.05) is 0 Å². The lowest BCUT2D eigenvalue weighted by molar-refractivity contribution is 0.214. The first kappa shape index (κ1) is 13.5. The Morgan fingerprint density at radius 1 is 1.33 bits per heavy atom. The van der Waals surface area contributed by atoms with Crippen molar-refractivity contribution in [1.29, 1.82) is 0 Å². The first-order chi connectivity index (χ1) is 8.85. The fraction of sp³-hybridized carbons (Fsp3) is 0.857. The summed E-state index contributed by atoms with van der Waals surface area (Å²) in [6.07, 6.45) is 12.0. The molecule has 1 saturated carbocycles. The van der Waals surface area contributed by atoms with E-state index in [1.54, 1.807) is 0 Å². The summed E-state index contributed by atoms with van der Waals surface area (Å²) in [6.45, 7) is 3.07. The smallest absolute Gasteiger partial charge is 0.0827 e. The molecule has 0 amide bonds. The van der Waals surface area contributed by atoms with E-state index in [4.69, 9.17) is 5.73 Å². The van der Waals surface area contributed by atoms with Crippen molar-refractivity contribution in [2.45, 2.75) is 64.3 Å². The van der Waals surface area contributed by atoms with Gasteiger partial charge in [0.25, 0.3) is 0 Å². The zero-order valence-corrected chi connectivity index (χ0v) is 11.5. The third-order valence-corrected chi connectivity index (χ3v) is 4.18. The van der Waals surface area contributed by atoms with Gasteiger partial charge >= 0.3 is 0 Å². The van der Waals surface area contributed by atoms with Gasteiger partial charge in [0.2, 0.25) is 0 Å². The van der Waals surface area contributed by atoms with E-state index in [9.17, 15) is 0 Å². The lowest BCUT2D eigenvalue weighted by Gasteiger charge is -2.30. The van der Waals surface area contributed by atoms with Crippen molar-refractivity contribution in [2.24, 2.45) is 11.7 Å². The second-order valence-corrected chi connectivity index (χ2v) is 5.46.